The quantitative estimate of drug-likeness (QED) is 0.0320. The number of unbranched alkanes of at least 4 members (excludes halogenated alkanes) is 50. The number of esters is 1. The summed E-state index contributed by atoms with van der Waals surface area (Å²) in [6.45, 7) is 4.98. The van der Waals surface area contributed by atoms with Gasteiger partial charge in [0.25, 0.3) is 0 Å². The van der Waals surface area contributed by atoms with Crippen LogP contribution in [-0.2, 0) is 14.3 Å². The van der Waals surface area contributed by atoms with Crippen molar-refractivity contribution >= 4 is 11.9 Å². The molecule has 0 saturated carbocycles. The summed E-state index contributed by atoms with van der Waals surface area (Å²) >= 11 is 0. The van der Waals surface area contributed by atoms with Crippen LogP contribution in [0.15, 0.2) is 24.3 Å². The molecule has 0 aliphatic rings. The Bertz CT molecular complexity index is 1190. The molecule has 0 radical (unpaired) electrons. The Labute approximate surface area is 475 Å². The predicted molar refractivity (Wildman–Crippen MR) is 333 cm³/mol. The maximum Gasteiger partial charge on any atom is 0.305 e. The first-order chi connectivity index (χ1) is 37.5. The summed E-state index contributed by atoms with van der Waals surface area (Å²) in [5, 5.41) is 23.4. The van der Waals surface area contributed by atoms with E-state index in [1.807, 2.05) is 0 Å². The number of ether oxygens (including phenoxy) is 1. The van der Waals surface area contributed by atoms with E-state index in [1.165, 1.54) is 308 Å². The van der Waals surface area contributed by atoms with Gasteiger partial charge in [0.1, 0.15) is 0 Å². The Balaban J connectivity index is 3.39. The predicted octanol–water partition coefficient (Wildman–Crippen LogP) is 22.1. The molecule has 2 atom stereocenters. The Morgan fingerprint density at radius 2 is 0.618 bits per heavy atom. The highest BCUT2D eigenvalue weighted by atomic mass is 16.5. The molecule has 0 aliphatic heterocycles. The molecule has 2 unspecified atom stereocenters. The van der Waals surface area contributed by atoms with Crippen molar-refractivity contribution < 1.29 is 24.5 Å². The van der Waals surface area contributed by atoms with E-state index >= 15 is 0 Å². The van der Waals surface area contributed by atoms with E-state index in [4.69, 9.17) is 4.74 Å². The average Bonchev–Trinajstić information content (AvgIpc) is 3.42. The molecule has 0 aromatic heterocycles. The molecule has 0 fully saturated rings. The van der Waals surface area contributed by atoms with Gasteiger partial charge < -0.3 is 20.3 Å². The number of rotatable bonds is 65. The van der Waals surface area contributed by atoms with E-state index in [2.05, 4.69) is 43.5 Å². The number of aliphatic hydroxyl groups excluding tert-OH is 2. The minimum absolute atomic E-state index is 0.00684. The van der Waals surface area contributed by atoms with Crippen molar-refractivity contribution in [2.45, 2.75) is 398 Å². The highest BCUT2D eigenvalue weighted by molar-refractivity contribution is 5.76. The van der Waals surface area contributed by atoms with Crippen LogP contribution >= 0.6 is 0 Å². The first-order valence-corrected chi connectivity index (χ1v) is 34.6. The van der Waals surface area contributed by atoms with E-state index in [9.17, 15) is 19.8 Å². The molecular formula is C70H135NO5. The number of aliphatic hydroxyl groups is 2. The van der Waals surface area contributed by atoms with E-state index < -0.39 is 12.1 Å². The zero-order valence-corrected chi connectivity index (χ0v) is 51.5. The first-order valence-electron chi connectivity index (χ1n) is 34.6. The second-order valence-corrected chi connectivity index (χ2v) is 23.9. The second kappa shape index (κ2) is 65.9. The number of carbonyl (C=O) groups is 2. The normalized spacial score (nSPS) is 12.6. The number of nitrogens with one attached hydrogen (secondary N) is 1. The van der Waals surface area contributed by atoms with Crippen molar-refractivity contribution in [2.24, 2.45) is 0 Å². The van der Waals surface area contributed by atoms with Crippen molar-refractivity contribution in [1.29, 1.82) is 0 Å². The summed E-state index contributed by atoms with van der Waals surface area (Å²) in [7, 11) is 0. The molecular weight excluding hydrogens is 935 g/mol. The van der Waals surface area contributed by atoms with E-state index in [0.717, 1.165) is 44.9 Å². The maximum absolute atomic E-state index is 12.5. The van der Waals surface area contributed by atoms with E-state index in [1.54, 1.807) is 0 Å². The summed E-state index contributed by atoms with van der Waals surface area (Å²) in [6.07, 6.45) is 82.1. The van der Waals surface area contributed by atoms with Gasteiger partial charge in [0.2, 0.25) is 5.91 Å². The smallest absolute Gasteiger partial charge is 0.305 e. The molecule has 0 heterocycles. The van der Waals surface area contributed by atoms with Gasteiger partial charge in [-0.15, -0.1) is 0 Å². The van der Waals surface area contributed by atoms with Crippen LogP contribution in [0.2, 0.25) is 0 Å². The summed E-state index contributed by atoms with van der Waals surface area (Å²) in [5.74, 6) is -0.0278. The molecule has 0 spiro atoms. The molecule has 0 aromatic carbocycles. The van der Waals surface area contributed by atoms with Crippen LogP contribution in [0, 0.1) is 0 Å². The molecule has 3 N–H and O–H groups in total. The average molecular weight is 1070 g/mol. The van der Waals surface area contributed by atoms with Crippen molar-refractivity contribution in [1.82, 2.24) is 5.32 Å². The van der Waals surface area contributed by atoms with Gasteiger partial charge in [-0.25, -0.2) is 0 Å². The van der Waals surface area contributed by atoms with Crippen LogP contribution in [0.3, 0.4) is 0 Å². The van der Waals surface area contributed by atoms with Gasteiger partial charge in [-0.05, 0) is 77.0 Å². The molecule has 76 heavy (non-hydrogen) atoms. The molecule has 450 valence electrons. The fourth-order valence-corrected chi connectivity index (χ4v) is 10.9. The SMILES string of the molecule is CCCCCCCCC/C=C\CCCCCCCC(=O)OCCCCCCCCCCCCCC/C=C\CCCCCCCCCCCC(=O)NC(CO)C(O)CCCCCCCCCCCCCCCCCCCC. The summed E-state index contributed by atoms with van der Waals surface area (Å²) in [4.78, 5) is 24.6. The fraction of sp³-hybridized carbons (Fsp3) is 0.914. The van der Waals surface area contributed by atoms with Crippen LogP contribution in [-0.4, -0.2) is 47.4 Å². The third-order valence-corrected chi connectivity index (χ3v) is 16.2. The summed E-state index contributed by atoms with van der Waals surface area (Å²) in [5.41, 5.74) is 0. The number of hydrogen-bond donors (Lipinski definition) is 3. The van der Waals surface area contributed by atoms with Crippen LogP contribution in [0.5, 0.6) is 0 Å². The topological polar surface area (TPSA) is 95.9 Å². The van der Waals surface area contributed by atoms with Crippen LogP contribution in [0.1, 0.15) is 386 Å². The van der Waals surface area contributed by atoms with Gasteiger partial charge in [-0.1, -0.05) is 321 Å². The molecule has 0 bridgehead atoms. The minimum Gasteiger partial charge on any atom is -0.466 e. The number of allylic oxidation sites excluding steroid dienone is 4. The van der Waals surface area contributed by atoms with Crippen molar-refractivity contribution in [3.05, 3.63) is 24.3 Å². The lowest BCUT2D eigenvalue weighted by atomic mass is 10.0. The molecule has 6 nitrogen and oxygen atoms in total. The molecule has 6 heteroatoms. The van der Waals surface area contributed by atoms with Crippen LogP contribution in [0.25, 0.3) is 0 Å². The largest absolute Gasteiger partial charge is 0.466 e. The number of hydrogen-bond acceptors (Lipinski definition) is 5. The Morgan fingerprint density at radius 1 is 0.355 bits per heavy atom. The monoisotopic (exact) mass is 1070 g/mol. The Morgan fingerprint density at radius 3 is 0.934 bits per heavy atom. The van der Waals surface area contributed by atoms with Gasteiger partial charge in [-0.3, -0.25) is 9.59 Å². The first kappa shape index (κ1) is 74.3. The van der Waals surface area contributed by atoms with Crippen molar-refractivity contribution in [3.8, 4) is 0 Å². The maximum atomic E-state index is 12.5. The lowest BCUT2D eigenvalue weighted by Crippen LogP contribution is -2.45. The van der Waals surface area contributed by atoms with Crippen LogP contribution in [0.4, 0.5) is 0 Å². The lowest BCUT2D eigenvalue weighted by Gasteiger charge is -2.22. The van der Waals surface area contributed by atoms with Gasteiger partial charge in [0.15, 0.2) is 0 Å². The minimum atomic E-state index is -0.667. The zero-order valence-electron chi connectivity index (χ0n) is 51.5. The molecule has 0 aliphatic carbocycles. The van der Waals surface area contributed by atoms with Crippen molar-refractivity contribution in [2.75, 3.05) is 13.2 Å². The lowest BCUT2D eigenvalue weighted by molar-refractivity contribution is -0.143. The van der Waals surface area contributed by atoms with E-state index in [0.29, 0.717) is 25.9 Å². The molecule has 0 aromatic rings. The van der Waals surface area contributed by atoms with Gasteiger partial charge in [0.05, 0.1) is 25.4 Å². The molecule has 0 rings (SSSR count). The Kier molecular flexibility index (Phi) is 64.4. The highest BCUT2D eigenvalue weighted by Crippen LogP contribution is 2.18. The molecule has 1 amide bonds. The summed E-state index contributed by atoms with van der Waals surface area (Å²) in [6, 6.07) is -0.544. The zero-order chi connectivity index (χ0) is 55.0. The number of amides is 1. The van der Waals surface area contributed by atoms with Crippen LogP contribution < -0.4 is 5.32 Å². The number of carbonyl (C=O) groups excluding carboxylic acids is 2. The van der Waals surface area contributed by atoms with Gasteiger partial charge in [-0.2, -0.15) is 0 Å². The second-order valence-electron chi connectivity index (χ2n) is 23.9. The van der Waals surface area contributed by atoms with E-state index in [-0.39, 0.29) is 18.5 Å². The highest BCUT2D eigenvalue weighted by Gasteiger charge is 2.20. The van der Waals surface area contributed by atoms with Gasteiger partial charge >= 0.3 is 5.97 Å². The van der Waals surface area contributed by atoms with Gasteiger partial charge in [0, 0.05) is 12.8 Å². The fourth-order valence-electron chi connectivity index (χ4n) is 10.9. The summed E-state index contributed by atoms with van der Waals surface area (Å²) < 4.78 is 5.49. The Hall–Kier alpha value is -1.66. The standard InChI is InChI=1S/C70H135NO5/c1-3-5-7-9-11-13-15-17-19-21-31-34-38-42-46-50-54-58-62-68(73)67(66-72)71-69(74)63-59-55-51-47-43-39-35-32-29-27-25-23-22-24-26-28-30-33-37-41-45-49-53-57-61-65-76-70(75)64-60-56-52-48-44-40-36-20-18-16-14-12-10-8-6-4-2/h20,23,25,36,67-68,72-73H,3-19,21-22,24,26-35,37-66H2,1-2H3,(H,71,74)/b25-23-,36-20-. The molecule has 0 saturated heterocycles. The third-order valence-electron chi connectivity index (χ3n) is 16.2. The third kappa shape index (κ3) is 61.6. The van der Waals surface area contributed by atoms with Crippen molar-refractivity contribution in [3.63, 3.8) is 0 Å².